The van der Waals surface area contributed by atoms with E-state index in [1.807, 2.05) is 45.0 Å². The molecule has 0 saturated carbocycles. The molecule has 0 spiro atoms. The van der Waals surface area contributed by atoms with Crippen molar-refractivity contribution in [2.24, 2.45) is 11.7 Å². The molecule has 0 fully saturated rings. The number of amides is 2. The van der Waals surface area contributed by atoms with Crippen LogP contribution in [0.15, 0.2) is 42.5 Å². The average Bonchev–Trinajstić information content (AvgIpc) is 2.69. The number of carbonyl (C=O) groups is 2. The van der Waals surface area contributed by atoms with Crippen LogP contribution in [0.25, 0.3) is 11.1 Å². The van der Waals surface area contributed by atoms with Crippen LogP contribution in [0, 0.1) is 5.92 Å². The van der Waals surface area contributed by atoms with E-state index in [4.69, 9.17) is 11.5 Å². The molecule has 5 nitrogen and oxygen atoms in total. The topological polar surface area (TPSA) is 89.4 Å². The van der Waals surface area contributed by atoms with E-state index in [1.54, 1.807) is 18.2 Å². The first-order valence-electron chi connectivity index (χ1n) is 8.45. The molecule has 138 valence electrons. The molecule has 2 aromatic carbocycles. The van der Waals surface area contributed by atoms with Gasteiger partial charge in [-0.05, 0) is 36.1 Å². The summed E-state index contributed by atoms with van der Waals surface area (Å²) in [6.45, 7) is 5.54. The number of nitrogens with two attached hydrogens (primary N) is 2. The van der Waals surface area contributed by atoms with Gasteiger partial charge in [0.05, 0.1) is 17.6 Å². The Bertz CT molecular complexity index is 851. The summed E-state index contributed by atoms with van der Waals surface area (Å²) in [5.41, 5.74) is 15.8. The zero-order valence-corrected chi connectivity index (χ0v) is 15.9. The summed E-state index contributed by atoms with van der Waals surface area (Å²) in [6, 6.07) is 12.2. The van der Waals surface area contributed by atoms with Gasteiger partial charge in [-0.1, -0.05) is 44.2 Å². The molecule has 1 aliphatic heterocycles. The zero-order valence-electron chi connectivity index (χ0n) is 15.1. The number of imide groups is 1. The standard InChI is InChI=1S/C20H23N3O2.ClH/c1-11(2)18(22)20(25)23-16-10-6-9-15(21)17(16)14-8-5-4-7-13(14)12(3)19(23)24;/h4-12,18H,21-22H2,1-3H3;1H/t12-,18+;/m1./s1. The summed E-state index contributed by atoms with van der Waals surface area (Å²) < 4.78 is 0. The van der Waals surface area contributed by atoms with E-state index in [2.05, 4.69) is 0 Å². The van der Waals surface area contributed by atoms with Crippen molar-refractivity contribution in [1.82, 2.24) is 0 Å². The SMILES string of the molecule is CC(C)[C@H](N)C(=O)N1C(=O)[C@H](C)c2ccccc2-c2c(N)cccc21.Cl. The first-order chi connectivity index (χ1) is 11.8. The molecule has 2 aromatic rings. The van der Waals surface area contributed by atoms with Gasteiger partial charge in [-0.25, -0.2) is 4.90 Å². The monoisotopic (exact) mass is 373 g/mol. The van der Waals surface area contributed by atoms with Gasteiger partial charge < -0.3 is 11.5 Å². The number of nitrogen functional groups attached to an aromatic ring is 1. The smallest absolute Gasteiger partial charge is 0.250 e. The van der Waals surface area contributed by atoms with Gasteiger partial charge in [-0.2, -0.15) is 0 Å². The van der Waals surface area contributed by atoms with Crippen LogP contribution in [-0.4, -0.2) is 17.9 Å². The lowest BCUT2D eigenvalue weighted by molar-refractivity contribution is -0.128. The van der Waals surface area contributed by atoms with Crippen LogP contribution in [0.1, 0.15) is 32.3 Å². The highest BCUT2D eigenvalue weighted by Crippen LogP contribution is 2.44. The Hall–Kier alpha value is -2.37. The lowest BCUT2D eigenvalue weighted by Crippen LogP contribution is -2.50. The fraction of sp³-hybridized carbons (Fsp3) is 0.300. The Morgan fingerprint density at radius 1 is 1.12 bits per heavy atom. The molecule has 2 amide bonds. The predicted molar refractivity (Wildman–Crippen MR) is 107 cm³/mol. The molecule has 1 aliphatic rings. The molecular weight excluding hydrogens is 350 g/mol. The molecule has 0 unspecified atom stereocenters. The van der Waals surface area contributed by atoms with Gasteiger partial charge in [-0.15, -0.1) is 12.4 Å². The maximum atomic E-state index is 13.2. The summed E-state index contributed by atoms with van der Waals surface area (Å²) in [6.07, 6.45) is 0. The van der Waals surface area contributed by atoms with Gasteiger partial charge in [0.1, 0.15) is 0 Å². The Balaban J connectivity index is 0.00000243. The molecule has 3 rings (SSSR count). The van der Waals surface area contributed by atoms with Crippen LogP contribution in [0.4, 0.5) is 11.4 Å². The third kappa shape index (κ3) is 3.08. The summed E-state index contributed by atoms with van der Waals surface area (Å²) in [7, 11) is 0. The highest BCUT2D eigenvalue weighted by Gasteiger charge is 2.38. The number of anilines is 2. The summed E-state index contributed by atoms with van der Waals surface area (Å²) >= 11 is 0. The van der Waals surface area contributed by atoms with Gasteiger partial charge in [0.2, 0.25) is 5.91 Å². The number of rotatable bonds is 2. The van der Waals surface area contributed by atoms with Gasteiger partial charge in [0, 0.05) is 11.3 Å². The molecule has 2 atom stereocenters. The van der Waals surface area contributed by atoms with Crippen molar-refractivity contribution in [3.8, 4) is 11.1 Å². The lowest BCUT2D eigenvalue weighted by Gasteiger charge is -2.27. The summed E-state index contributed by atoms with van der Waals surface area (Å²) in [4.78, 5) is 27.4. The van der Waals surface area contributed by atoms with Crippen molar-refractivity contribution in [2.45, 2.75) is 32.7 Å². The Morgan fingerprint density at radius 2 is 1.77 bits per heavy atom. The average molecular weight is 374 g/mol. The van der Waals surface area contributed by atoms with E-state index in [9.17, 15) is 9.59 Å². The number of hydrogen-bond donors (Lipinski definition) is 2. The van der Waals surface area contributed by atoms with E-state index >= 15 is 0 Å². The largest absolute Gasteiger partial charge is 0.398 e. The van der Waals surface area contributed by atoms with Crippen LogP contribution in [-0.2, 0) is 9.59 Å². The van der Waals surface area contributed by atoms with Gasteiger partial charge in [-0.3, -0.25) is 9.59 Å². The minimum Gasteiger partial charge on any atom is -0.398 e. The van der Waals surface area contributed by atoms with E-state index in [-0.39, 0.29) is 24.2 Å². The van der Waals surface area contributed by atoms with Crippen LogP contribution in [0.5, 0.6) is 0 Å². The third-order valence-corrected chi connectivity index (χ3v) is 4.83. The fourth-order valence-electron chi connectivity index (χ4n) is 3.25. The van der Waals surface area contributed by atoms with Crippen LogP contribution < -0.4 is 16.4 Å². The predicted octanol–water partition coefficient (Wildman–Crippen LogP) is 3.32. The Kier molecular flexibility index (Phi) is 5.74. The molecule has 4 N–H and O–H groups in total. The highest BCUT2D eigenvalue weighted by molar-refractivity contribution is 6.22. The zero-order chi connectivity index (χ0) is 18.3. The van der Waals surface area contributed by atoms with Crippen molar-refractivity contribution < 1.29 is 9.59 Å². The van der Waals surface area contributed by atoms with Crippen LogP contribution in [0.3, 0.4) is 0 Å². The van der Waals surface area contributed by atoms with E-state index in [0.29, 0.717) is 16.9 Å². The van der Waals surface area contributed by atoms with Crippen LogP contribution >= 0.6 is 12.4 Å². The Labute approximate surface area is 159 Å². The number of halogens is 1. The number of hydrogen-bond acceptors (Lipinski definition) is 4. The van der Waals surface area contributed by atoms with Gasteiger partial charge in [0.15, 0.2) is 0 Å². The second kappa shape index (κ2) is 7.48. The second-order valence-corrected chi connectivity index (χ2v) is 6.83. The van der Waals surface area contributed by atoms with Crippen LogP contribution in [0.2, 0.25) is 0 Å². The van der Waals surface area contributed by atoms with Gasteiger partial charge in [0.25, 0.3) is 5.91 Å². The number of carbonyl (C=O) groups excluding carboxylic acids is 2. The maximum absolute atomic E-state index is 13.2. The molecule has 6 heteroatoms. The van der Waals surface area contributed by atoms with Crippen molar-refractivity contribution >= 4 is 35.6 Å². The van der Waals surface area contributed by atoms with Crippen molar-refractivity contribution in [2.75, 3.05) is 10.6 Å². The number of fused-ring (bicyclic) bond motifs is 3. The second-order valence-electron chi connectivity index (χ2n) is 6.83. The highest BCUT2D eigenvalue weighted by atomic mass is 35.5. The summed E-state index contributed by atoms with van der Waals surface area (Å²) in [5, 5.41) is 0. The quantitative estimate of drug-likeness (QED) is 0.790. The molecule has 0 radical (unpaired) electrons. The first kappa shape index (κ1) is 19.9. The first-order valence-corrected chi connectivity index (χ1v) is 8.45. The van der Waals surface area contributed by atoms with E-state index in [1.165, 1.54) is 4.90 Å². The molecule has 0 aliphatic carbocycles. The lowest BCUT2D eigenvalue weighted by atomic mass is 9.92. The van der Waals surface area contributed by atoms with Crippen molar-refractivity contribution in [1.29, 1.82) is 0 Å². The third-order valence-electron chi connectivity index (χ3n) is 4.83. The number of benzene rings is 2. The fourth-order valence-corrected chi connectivity index (χ4v) is 3.25. The van der Waals surface area contributed by atoms with Crippen molar-refractivity contribution in [3.05, 3.63) is 48.0 Å². The van der Waals surface area contributed by atoms with E-state index in [0.717, 1.165) is 11.1 Å². The molecule has 0 bridgehead atoms. The minimum atomic E-state index is -0.758. The summed E-state index contributed by atoms with van der Waals surface area (Å²) in [5.74, 6) is -1.22. The molecular formula is C20H24ClN3O2. The number of nitrogens with zero attached hydrogens (tertiary/aromatic N) is 1. The minimum absolute atomic E-state index is 0. The van der Waals surface area contributed by atoms with Crippen molar-refractivity contribution in [3.63, 3.8) is 0 Å². The maximum Gasteiger partial charge on any atom is 0.250 e. The molecule has 26 heavy (non-hydrogen) atoms. The van der Waals surface area contributed by atoms with Gasteiger partial charge >= 0.3 is 0 Å². The van der Waals surface area contributed by atoms with E-state index < -0.39 is 17.9 Å². The molecule has 0 saturated heterocycles. The molecule has 1 heterocycles. The molecule has 0 aromatic heterocycles. The Morgan fingerprint density at radius 3 is 2.42 bits per heavy atom. The normalized spacial score (nSPS) is 17.0.